The van der Waals surface area contributed by atoms with Gasteiger partial charge in [0.2, 0.25) is 0 Å². The van der Waals surface area contributed by atoms with E-state index in [4.69, 9.17) is 0 Å². The number of hydrogen-bond donors (Lipinski definition) is 0. The highest BCUT2D eigenvalue weighted by Gasteiger charge is 2.09. The average Bonchev–Trinajstić information content (AvgIpc) is 2.62. The van der Waals surface area contributed by atoms with E-state index in [0.717, 1.165) is 15.8 Å². The summed E-state index contributed by atoms with van der Waals surface area (Å²) in [6, 6.07) is 17.5. The van der Waals surface area contributed by atoms with Crippen molar-refractivity contribution in [2.75, 3.05) is 5.75 Å². The zero-order valence-electron chi connectivity index (χ0n) is 13.6. The van der Waals surface area contributed by atoms with E-state index in [1.54, 1.807) is 23.4 Å². The zero-order chi connectivity index (χ0) is 16.9. The quantitative estimate of drug-likeness (QED) is 0.642. The molecular weight excluding hydrogens is 318 g/mol. The van der Waals surface area contributed by atoms with Crippen molar-refractivity contribution in [3.05, 3.63) is 76.7 Å². The first-order valence-corrected chi connectivity index (χ1v) is 8.90. The molecule has 0 saturated carbocycles. The van der Waals surface area contributed by atoms with Gasteiger partial charge in [0.15, 0.2) is 0 Å². The second kappa shape index (κ2) is 7.49. The fourth-order valence-corrected chi connectivity index (χ4v) is 3.55. The monoisotopic (exact) mass is 337 g/mol. The normalized spacial score (nSPS) is 10.9. The molecular formula is C20H19NO2S. The molecule has 0 amide bonds. The number of thioether (sulfide) groups is 1. The van der Waals surface area contributed by atoms with Gasteiger partial charge in [-0.05, 0) is 35.6 Å². The summed E-state index contributed by atoms with van der Waals surface area (Å²) in [4.78, 5) is 25.5. The van der Waals surface area contributed by atoms with Crippen LogP contribution in [0.4, 0.5) is 0 Å². The van der Waals surface area contributed by atoms with Crippen molar-refractivity contribution in [1.82, 2.24) is 4.57 Å². The van der Waals surface area contributed by atoms with Crippen LogP contribution in [0.2, 0.25) is 0 Å². The molecule has 0 saturated heterocycles. The van der Waals surface area contributed by atoms with Crippen molar-refractivity contribution in [1.29, 1.82) is 0 Å². The van der Waals surface area contributed by atoms with E-state index in [1.807, 2.05) is 60.8 Å². The molecule has 3 aromatic rings. The maximum Gasteiger partial charge on any atom is 0.258 e. The Balaban J connectivity index is 1.68. The number of aromatic nitrogens is 1. The van der Waals surface area contributed by atoms with Crippen molar-refractivity contribution in [3.63, 3.8) is 0 Å². The molecule has 0 spiro atoms. The van der Waals surface area contributed by atoms with Crippen LogP contribution in [0.15, 0.2) is 70.5 Å². The summed E-state index contributed by atoms with van der Waals surface area (Å²) in [7, 11) is 1.76. The van der Waals surface area contributed by atoms with Crippen LogP contribution in [0.1, 0.15) is 12.0 Å². The Labute approximate surface area is 145 Å². The van der Waals surface area contributed by atoms with Crippen LogP contribution in [0.5, 0.6) is 0 Å². The fourth-order valence-electron chi connectivity index (χ4n) is 2.73. The predicted molar refractivity (Wildman–Crippen MR) is 99.7 cm³/mol. The smallest absolute Gasteiger partial charge is 0.258 e. The van der Waals surface area contributed by atoms with Gasteiger partial charge in [-0.25, -0.2) is 0 Å². The van der Waals surface area contributed by atoms with E-state index in [0.29, 0.717) is 24.0 Å². The lowest BCUT2D eigenvalue weighted by Crippen LogP contribution is -2.17. The summed E-state index contributed by atoms with van der Waals surface area (Å²) < 4.78 is 1.60. The van der Waals surface area contributed by atoms with Crippen LogP contribution in [-0.2, 0) is 18.3 Å². The topological polar surface area (TPSA) is 39.1 Å². The number of rotatable bonds is 6. The zero-order valence-corrected chi connectivity index (χ0v) is 14.4. The molecule has 0 unspecified atom stereocenters. The third-order valence-electron chi connectivity index (χ3n) is 3.99. The van der Waals surface area contributed by atoms with Gasteiger partial charge in [0.25, 0.3) is 5.56 Å². The molecule has 0 aliphatic rings. The Kier molecular flexibility index (Phi) is 5.16. The van der Waals surface area contributed by atoms with Gasteiger partial charge in [0.1, 0.15) is 5.78 Å². The molecule has 0 aliphatic heterocycles. The van der Waals surface area contributed by atoms with Crippen molar-refractivity contribution in [3.8, 4) is 0 Å². The van der Waals surface area contributed by atoms with E-state index in [2.05, 4.69) is 0 Å². The molecule has 24 heavy (non-hydrogen) atoms. The molecule has 0 radical (unpaired) electrons. The second-order valence-corrected chi connectivity index (χ2v) is 6.81. The summed E-state index contributed by atoms with van der Waals surface area (Å²) in [6.45, 7) is 0. The molecule has 0 atom stereocenters. The van der Waals surface area contributed by atoms with Crippen molar-refractivity contribution in [2.24, 2.45) is 7.05 Å². The molecule has 2 aromatic carbocycles. The van der Waals surface area contributed by atoms with E-state index in [1.165, 1.54) is 0 Å². The van der Waals surface area contributed by atoms with Crippen LogP contribution in [0.25, 0.3) is 10.8 Å². The minimum Gasteiger partial charge on any atom is -0.318 e. The second-order valence-electron chi connectivity index (χ2n) is 5.76. The standard InChI is InChI=1S/C20H19NO2S/c1-21-13-15(18-9-5-6-10-19(18)20(21)23)11-12-16(22)14-24-17-7-3-2-4-8-17/h2-10,13H,11-12,14H2,1H3. The van der Waals surface area contributed by atoms with Gasteiger partial charge in [0.05, 0.1) is 5.75 Å². The van der Waals surface area contributed by atoms with Gasteiger partial charge in [-0.1, -0.05) is 36.4 Å². The number of benzene rings is 2. The molecule has 0 fully saturated rings. The maximum absolute atomic E-state index is 12.2. The van der Waals surface area contributed by atoms with E-state index < -0.39 is 0 Å². The Morgan fingerprint density at radius 2 is 1.67 bits per heavy atom. The first-order valence-electron chi connectivity index (χ1n) is 7.92. The highest BCUT2D eigenvalue weighted by molar-refractivity contribution is 8.00. The Bertz CT molecular complexity index is 916. The lowest BCUT2D eigenvalue weighted by atomic mass is 10.0. The molecule has 122 valence electrons. The maximum atomic E-state index is 12.2. The van der Waals surface area contributed by atoms with Crippen LogP contribution in [-0.4, -0.2) is 16.1 Å². The Hall–Kier alpha value is -2.33. The van der Waals surface area contributed by atoms with Gasteiger partial charge >= 0.3 is 0 Å². The number of aryl methyl sites for hydroxylation is 2. The first kappa shape index (κ1) is 16.5. The van der Waals surface area contributed by atoms with E-state index >= 15 is 0 Å². The lowest BCUT2D eigenvalue weighted by Gasteiger charge is -2.09. The molecule has 0 aliphatic carbocycles. The predicted octanol–water partition coefficient (Wildman–Crippen LogP) is 3.83. The molecule has 0 bridgehead atoms. The number of nitrogens with zero attached hydrogens (tertiary/aromatic N) is 1. The molecule has 1 heterocycles. The summed E-state index contributed by atoms with van der Waals surface area (Å²) in [5, 5.41) is 1.66. The van der Waals surface area contributed by atoms with Crippen molar-refractivity contribution >= 4 is 28.3 Å². The van der Waals surface area contributed by atoms with Gasteiger partial charge in [-0.3, -0.25) is 9.59 Å². The molecule has 3 nitrogen and oxygen atoms in total. The number of Topliss-reactive ketones (excluding diaryl/α,β-unsaturated/α-hetero) is 1. The van der Waals surface area contributed by atoms with Gasteiger partial charge in [0, 0.05) is 29.9 Å². The van der Waals surface area contributed by atoms with Crippen molar-refractivity contribution < 1.29 is 4.79 Å². The van der Waals surface area contributed by atoms with Gasteiger partial charge < -0.3 is 4.57 Å². The van der Waals surface area contributed by atoms with E-state index in [9.17, 15) is 9.59 Å². The van der Waals surface area contributed by atoms with Crippen LogP contribution in [0.3, 0.4) is 0 Å². The third kappa shape index (κ3) is 3.77. The summed E-state index contributed by atoms with van der Waals surface area (Å²) >= 11 is 1.57. The van der Waals surface area contributed by atoms with Crippen LogP contribution < -0.4 is 5.56 Å². The van der Waals surface area contributed by atoms with Gasteiger partial charge in [-0.2, -0.15) is 0 Å². The van der Waals surface area contributed by atoms with Crippen LogP contribution in [0, 0.1) is 0 Å². The largest absolute Gasteiger partial charge is 0.318 e. The Morgan fingerprint density at radius 3 is 2.42 bits per heavy atom. The molecule has 1 aromatic heterocycles. The SMILES string of the molecule is Cn1cc(CCC(=O)CSc2ccccc2)c2ccccc2c1=O. The van der Waals surface area contributed by atoms with Gasteiger partial charge in [-0.15, -0.1) is 11.8 Å². The minimum atomic E-state index is 0.000287. The summed E-state index contributed by atoms with van der Waals surface area (Å²) in [5.74, 6) is 0.704. The lowest BCUT2D eigenvalue weighted by molar-refractivity contribution is -0.116. The Morgan fingerprint density at radius 1 is 1.00 bits per heavy atom. The molecule has 0 N–H and O–H groups in total. The molecule has 4 heteroatoms. The highest BCUT2D eigenvalue weighted by atomic mass is 32.2. The minimum absolute atomic E-state index is 0.000287. The average molecular weight is 337 g/mol. The van der Waals surface area contributed by atoms with Crippen molar-refractivity contribution in [2.45, 2.75) is 17.7 Å². The third-order valence-corrected chi connectivity index (χ3v) is 5.06. The number of carbonyl (C=O) groups excluding carboxylic acids is 1. The summed E-state index contributed by atoms with van der Waals surface area (Å²) in [5.41, 5.74) is 1.05. The number of fused-ring (bicyclic) bond motifs is 1. The molecule has 3 rings (SSSR count). The number of carbonyl (C=O) groups is 1. The summed E-state index contributed by atoms with van der Waals surface area (Å²) in [6.07, 6.45) is 2.99. The van der Waals surface area contributed by atoms with Crippen LogP contribution >= 0.6 is 11.8 Å². The first-order chi connectivity index (χ1) is 11.6. The number of hydrogen-bond acceptors (Lipinski definition) is 3. The fraction of sp³-hybridized carbons (Fsp3) is 0.200. The number of pyridine rings is 1. The highest BCUT2D eigenvalue weighted by Crippen LogP contribution is 2.19. The number of ketones is 1. The van der Waals surface area contributed by atoms with E-state index in [-0.39, 0.29) is 11.3 Å².